The molecule has 21 heavy (non-hydrogen) atoms. The summed E-state index contributed by atoms with van der Waals surface area (Å²) in [5.74, 6) is 0.150. The summed E-state index contributed by atoms with van der Waals surface area (Å²) in [5, 5.41) is 3.24. The average molecular weight is 288 g/mol. The quantitative estimate of drug-likeness (QED) is 0.871. The van der Waals surface area contributed by atoms with Gasteiger partial charge in [-0.2, -0.15) is 0 Å². The van der Waals surface area contributed by atoms with E-state index in [-0.39, 0.29) is 17.4 Å². The van der Waals surface area contributed by atoms with Crippen molar-refractivity contribution in [3.8, 4) is 0 Å². The standard InChI is InChI=1S/C18H28N2O/c1-3-16(15-9-7-14(2)8-10-15)20-17(21)18(13-19)11-5-4-6-12-18/h7-10,16H,3-6,11-13,19H2,1-2H3,(H,20,21). The van der Waals surface area contributed by atoms with Crippen LogP contribution >= 0.6 is 0 Å². The molecule has 0 aliphatic heterocycles. The maximum atomic E-state index is 12.8. The monoisotopic (exact) mass is 288 g/mol. The molecular weight excluding hydrogens is 260 g/mol. The molecule has 0 bridgehead atoms. The van der Waals surface area contributed by atoms with Crippen molar-refractivity contribution >= 4 is 5.91 Å². The van der Waals surface area contributed by atoms with Gasteiger partial charge in [-0.05, 0) is 31.7 Å². The second kappa shape index (κ2) is 7.08. The third-order valence-corrected chi connectivity index (χ3v) is 4.88. The number of hydrogen-bond donors (Lipinski definition) is 2. The first-order valence-corrected chi connectivity index (χ1v) is 8.19. The normalized spacial score (nSPS) is 19.0. The summed E-state index contributed by atoms with van der Waals surface area (Å²) in [6.07, 6.45) is 6.22. The van der Waals surface area contributed by atoms with Gasteiger partial charge in [-0.3, -0.25) is 4.79 Å². The van der Waals surface area contributed by atoms with Gasteiger partial charge < -0.3 is 11.1 Å². The summed E-state index contributed by atoms with van der Waals surface area (Å²) in [6, 6.07) is 8.51. The van der Waals surface area contributed by atoms with Crippen LogP contribution in [0.25, 0.3) is 0 Å². The van der Waals surface area contributed by atoms with Crippen LogP contribution in [0.3, 0.4) is 0 Å². The van der Waals surface area contributed by atoms with Crippen LogP contribution in [-0.2, 0) is 4.79 Å². The average Bonchev–Trinajstić information content (AvgIpc) is 2.54. The lowest BCUT2D eigenvalue weighted by molar-refractivity contribution is -0.133. The minimum atomic E-state index is -0.337. The van der Waals surface area contributed by atoms with Crippen LogP contribution in [0.15, 0.2) is 24.3 Å². The number of aryl methyl sites for hydroxylation is 1. The number of amides is 1. The highest BCUT2D eigenvalue weighted by molar-refractivity contribution is 5.83. The van der Waals surface area contributed by atoms with E-state index in [4.69, 9.17) is 5.73 Å². The molecule has 3 nitrogen and oxygen atoms in total. The van der Waals surface area contributed by atoms with Gasteiger partial charge in [-0.1, -0.05) is 56.0 Å². The third-order valence-electron chi connectivity index (χ3n) is 4.88. The van der Waals surface area contributed by atoms with E-state index >= 15 is 0 Å². The van der Waals surface area contributed by atoms with E-state index in [2.05, 4.69) is 43.4 Å². The predicted molar refractivity (Wildman–Crippen MR) is 86.9 cm³/mol. The highest BCUT2D eigenvalue weighted by Crippen LogP contribution is 2.36. The number of rotatable bonds is 5. The molecule has 1 atom stereocenters. The molecule has 0 spiro atoms. The molecule has 0 saturated heterocycles. The van der Waals surface area contributed by atoms with Crippen LogP contribution in [0.4, 0.5) is 0 Å². The van der Waals surface area contributed by atoms with E-state index < -0.39 is 0 Å². The Morgan fingerprint density at radius 3 is 2.38 bits per heavy atom. The van der Waals surface area contributed by atoms with Crippen molar-refractivity contribution in [1.82, 2.24) is 5.32 Å². The summed E-state index contributed by atoms with van der Waals surface area (Å²) in [5.41, 5.74) is 8.04. The van der Waals surface area contributed by atoms with Gasteiger partial charge in [0.15, 0.2) is 0 Å². The largest absolute Gasteiger partial charge is 0.349 e. The lowest BCUT2D eigenvalue weighted by atomic mass is 9.73. The Balaban J connectivity index is 2.10. The SMILES string of the molecule is CCC(NC(=O)C1(CN)CCCCC1)c1ccc(C)cc1. The predicted octanol–water partition coefficient (Wildman–Crippen LogP) is 3.47. The Morgan fingerprint density at radius 1 is 1.24 bits per heavy atom. The molecule has 0 radical (unpaired) electrons. The smallest absolute Gasteiger partial charge is 0.227 e. The lowest BCUT2D eigenvalue weighted by Gasteiger charge is -2.36. The molecule has 0 aromatic heterocycles. The summed E-state index contributed by atoms with van der Waals surface area (Å²) < 4.78 is 0. The molecule has 1 saturated carbocycles. The highest BCUT2D eigenvalue weighted by atomic mass is 16.2. The molecule has 3 heteroatoms. The number of nitrogens with two attached hydrogens (primary N) is 1. The second-order valence-corrected chi connectivity index (χ2v) is 6.39. The van der Waals surface area contributed by atoms with E-state index in [1.165, 1.54) is 17.5 Å². The van der Waals surface area contributed by atoms with Gasteiger partial charge in [-0.25, -0.2) is 0 Å². The molecule has 1 aromatic carbocycles. The summed E-state index contributed by atoms with van der Waals surface area (Å²) >= 11 is 0. The molecule has 1 aromatic rings. The van der Waals surface area contributed by atoms with Crippen LogP contribution < -0.4 is 11.1 Å². The minimum absolute atomic E-state index is 0.0865. The zero-order valence-corrected chi connectivity index (χ0v) is 13.3. The second-order valence-electron chi connectivity index (χ2n) is 6.39. The summed E-state index contributed by atoms with van der Waals surface area (Å²) in [4.78, 5) is 12.8. The number of carbonyl (C=O) groups excluding carboxylic acids is 1. The first kappa shape index (κ1) is 16.0. The molecule has 0 heterocycles. The van der Waals surface area contributed by atoms with Gasteiger partial charge in [0.2, 0.25) is 5.91 Å². The van der Waals surface area contributed by atoms with Crippen LogP contribution in [0, 0.1) is 12.3 Å². The zero-order valence-electron chi connectivity index (χ0n) is 13.3. The Labute approximate surface area is 128 Å². The lowest BCUT2D eigenvalue weighted by Crippen LogP contribution is -2.48. The molecule has 1 unspecified atom stereocenters. The van der Waals surface area contributed by atoms with Crippen LogP contribution in [0.2, 0.25) is 0 Å². The van der Waals surface area contributed by atoms with Gasteiger partial charge in [0.05, 0.1) is 11.5 Å². The Kier molecular flexibility index (Phi) is 5.40. The molecule has 1 aliphatic carbocycles. The molecule has 3 N–H and O–H groups in total. The zero-order chi connectivity index (χ0) is 15.3. The van der Waals surface area contributed by atoms with Gasteiger partial charge >= 0.3 is 0 Å². The van der Waals surface area contributed by atoms with Crippen LogP contribution in [-0.4, -0.2) is 12.5 Å². The first-order chi connectivity index (χ1) is 10.1. The number of nitrogens with one attached hydrogen (secondary N) is 1. The van der Waals surface area contributed by atoms with Crippen molar-refractivity contribution in [2.75, 3.05) is 6.54 Å². The van der Waals surface area contributed by atoms with E-state index in [1.807, 2.05) is 0 Å². The molecule has 2 rings (SSSR count). The Bertz CT molecular complexity index is 461. The van der Waals surface area contributed by atoms with E-state index in [0.29, 0.717) is 6.54 Å². The van der Waals surface area contributed by atoms with Crippen molar-refractivity contribution in [3.63, 3.8) is 0 Å². The van der Waals surface area contributed by atoms with Crippen LogP contribution in [0.5, 0.6) is 0 Å². The summed E-state index contributed by atoms with van der Waals surface area (Å²) in [6.45, 7) is 4.65. The number of benzene rings is 1. The van der Waals surface area contributed by atoms with Crippen molar-refractivity contribution < 1.29 is 4.79 Å². The van der Waals surface area contributed by atoms with Crippen molar-refractivity contribution in [3.05, 3.63) is 35.4 Å². The fourth-order valence-corrected chi connectivity index (χ4v) is 3.28. The maximum Gasteiger partial charge on any atom is 0.227 e. The van der Waals surface area contributed by atoms with E-state index in [9.17, 15) is 4.79 Å². The topological polar surface area (TPSA) is 55.1 Å². The van der Waals surface area contributed by atoms with Gasteiger partial charge in [0, 0.05) is 6.54 Å². The Morgan fingerprint density at radius 2 is 1.86 bits per heavy atom. The Hall–Kier alpha value is -1.35. The minimum Gasteiger partial charge on any atom is -0.349 e. The number of hydrogen-bond acceptors (Lipinski definition) is 2. The van der Waals surface area contributed by atoms with E-state index in [0.717, 1.165) is 32.1 Å². The highest BCUT2D eigenvalue weighted by Gasteiger charge is 2.38. The van der Waals surface area contributed by atoms with Crippen molar-refractivity contribution in [1.29, 1.82) is 0 Å². The third kappa shape index (κ3) is 3.65. The maximum absolute atomic E-state index is 12.8. The molecule has 116 valence electrons. The first-order valence-electron chi connectivity index (χ1n) is 8.19. The van der Waals surface area contributed by atoms with E-state index in [1.54, 1.807) is 0 Å². The van der Waals surface area contributed by atoms with Gasteiger partial charge in [0.25, 0.3) is 0 Å². The molecule has 1 amide bonds. The molecule has 1 aliphatic rings. The van der Waals surface area contributed by atoms with Crippen molar-refractivity contribution in [2.45, 2.75) is 58.4 Å². The molecule has 1 fully saturated rings. The number of carbonyl (C=O) groups is 1. The van der Waals surface area contributed by atoms with Crippen molar-refractivity contribution in [2.24, 2.45) is 11.1 Å². The van der Waals surface area contributed by atoms with Gasteiger partial charge in [-0.15, -0.1) is 0 Å². The fourth-order valence-electron chi connectivity index (χ4n) is 3.28. The van der Waals surface area contributed by atoms with Gasteiger partial charge in [0.1, 0.15) is 0 Å². The fraction of sp³-hybridized carbons (Fsp3) is 0.611. The van der Waals surface area contributed by atoms with Crippen LogP contribution in [0.1, 0.15) is 62.6 Å². The molecular formula is C18H28N2O. The summed E-state index contributed by atoms with van der Waals surface area (Å²) in [7, 11) is 0.